The minimum atomic E-state index is -0.167. The van der Waals surface area contributed by atoms with Gasteiger partial charge in [-0.25, -0.2) is 4.39 Å². The van der Waals surface area contributed by atoms with Crippen molar-refractivity contribution in [1.82, 2.24) is 5.32 Å². The smallest absolute Gasteiger partial charge is 0.131 e. The number of thiophene rings is 1. The molecule has 1 aromatic heterocycles. The van der Waals surface area contributed by atoms with Crippen molar-refractivity contribution in [2.45, 2.75) is 44.4 Å². The fourth-order valence-electron chi connectivity index (χ4n) is 2.80. The molecule has 1 fully saturated rings. The molecular formula is C17H20FNOS. The van der Waals surface area contributed by atoms with Crippen molar-refractivity contribution in [3.63, 3.8) is 0 Å². The Labute approximate surface area is 128 Å². The van der Waals surface area contributed by atoms with Gasteiger partial charge < -0.3 is 10.4 Å². The fourth-order valence-corrected chi connectivity index (χ4v) is 3.79. The predicted octanol–water partition coefficient (Wildman–Crippen LogP) is 3.95. The summed E-state index contributed by atoms with van der Waals surface area (Å²) in [5.74, 6) is -0.167. The van der Waals surface area contributed by atoms with E-state index in [1.807, 2.05) is 18.2 Å². The van der Waals surface area contributed by atoms with Crippen molar-refractivity contribution in [1.29, 1.82) is 0 Å². The molecule has 1 aromatic carbocycles. The lowest BCUT2D eigenvalue weighted by Gasteiger charge is -2.26. The van der Waals surface area contributed by atoms with Gasteiger partial charge in [-0.1, -0.05) is 18.2 Å². The molecule has 0 aliphatic heterocycles. The van der Waals surface area contributed by atoms with Gasteiger partial charge >= 0.3 is 0 Å². The molecule has 0 saturated heterocycles. The zero-order valence-corrected chi connectivity index (χ0v) is 12.7. The SMILES string of the molecule is OC1CCC(NCc2ccc(-c3ccccc3F)s2)CC1. The van der Waals surface area contributed by atoms with Crippen LogP contribution in [0.15, 0.2) is 36.4 Å². The van der Waals surface area contributed by atoms with E-state index in [9.17, 15) is 9.50 Å². The molecule has 1 heterocycles. The van der Waals surface area contributed by atoms with Crippen LogP contribution in [-0.2, 0) is 6.54 Å². The summed E-state index contributed by atoms with van der Waals surface area (Å²) in [6.45, 7) is 0.819. The first-order valence-corrected chi connectivity index (χ1v) is 8.29. The van der Waals surface area contributed by atoms with E-state index < -0.39 is 0 Å². The van der Waals surface area contributed by atoms with E-state index >= 15 is 0 Å². The summed E-state index contributed by atoms with van der Waals surface area (Å²) in [5.41, 5.74) is 0.675. The Morgan fingerprint density at radius 3 is 2.62 bits per heavy atom. The van der Waals surface area contributed by atoms with Crippen LogP contribution in [0.3, 0.4) is 0 Å². The molecule has 21 heavy (non-hydrogen) atoms. The lowest BCUT2D eigenvalue weighted by atomic mass is 9.93. The quantitative estimate of drug-likeness (QED) is 0.896. The van der Waals surface area contributed by atoms with Crippen LogP contribution in [0.25, 0.3) is 10.4 Å². The Balaban J connectivity index is 1.59. The molecular weight excluding hydrogens is 285 g/mol. The van der Waals surface area contributed by atoms with Gasteiger partial charge in [0.1, 0.15) is 5.82 Å². The summed E-state index contributed by atoms with van der Waals surface area (Å²) in [6, 6.07) is 11.5. The zero-order chi connectivity index (χ0) is 14.7. The molecule has 2 aromatic rings. The van der Waals surface area contributed by atoms with Crippen molar-refractivity contribution in [2.24, 2.45) is 0 Å². The van der Waals surface area contributed by atoms with Crippen LogP contribution in [0.2, 0.25) is 0 Å². The number of aliphatic hydroxyl groups is 1. The summed E-state index contributed by atoms with van der Waals surface area (Å²) in [4.78, 5) is 2.20. The summed E-state index contributed by atoms with van der Waals surface area (Å²) >= 11 is 1.64. The Morgan fingerprint density at radius 2 is 1.86 bits per heavy atom. The number of aliphatic hydroxyl groups excluding tert-OH is 1. The number of hydrogen-bond donors (Lipinski definition) is 2. The second-order valence-corrected chi connectivity index (χ2v) is 6.80. The Morgan fingerprint density at radius 1 is 1.10 bits per heavy atom. The molecule has 3 rings (SSSR count). The van der Waals surface area contributed by atoms with Crippen LogP contribution in [0.5, 0.6) is 0 Å². The van der Waals surface area contributed by atoms with E-state index in [1.54, 1.807) is 17.4 Å². The molecule has 4 heteroatoms. The van der Waals surface area contributed by atoms with Crippen molar-refractivity contribution in [3.8, 4) is 10.4 Å². The maximum atomic E-state index is 13.8. The Kier molecular flexibility index (Phi) is 4.68. The van der Waals surface area contributed by atoms with Gasteiger partial charge in [0, 0.05) is 27.9 Å². The number of hydrogen-bond acceptors (Lipinski definition) is 3. The van der Waals surface area contributed by atoms with Crippen molar-refractivity contribution in [3.05, 3.63) is 47.1 Å². The standard InChI is InChI=1S/C17H20FNOS/c18-16-4-2-1-3-15(16)17-10-9-14(21-17)11-19-12-5-7-13(20)8-6-12/h1-4,9-10,12-13,19-20H,5-8,11H2. The van der Waals surface area contributed by atoms with Crippen LogP contribution in [-0.4, -0.2) is 17.3 Å². The fraction of sp³-hybridized carbons (Fsp3) is 0.412. The van der Waals surface area contributed by atoms with Crippen molar-refractivity contribution in [2.75, 3.05) is 0 Å². The summed E-state index contributed by atoms with van der Waals surface area (Å²) in [6.07, 6.45) is 3.74. The van der Waals surface area contributed by atoms with E-state index in [-0.39, 0.29) is 11.9 Å². The molecule has 1 aliphatic carbocycles. The lowest BCUT2D eigenvalue weighted by molar-refractivity contribution is 0.116. The number of benzene rings is 1. The summed E-state index contributed by atoms with van der Waals surface area (Å²) < 4.78 is 13.8. The highest BCUT2D eigenvalue weighted by Crippen LogP contribution is 2.30. The average molecular weight is 305 g/mol. The summed E-state index contributed by atoms with van der Waals surface area (Å²) in [7, 11) is 0. The van der Waals surface area contributed by atoms with Gasteiger partial charge in [0.2, 0.25) is 0 Å². The molecule has 1 saturated carbocycles. The Hall–Kier alpha value is -1.23. The van der Waals surface area contributed by atoms with Crippen LogP contribution in [0.1, 0.15) is 30.6 Å². The third-order valence-electron chi connectivity index (χ3n) is 4.06. The maximum absolute atomic E-state index is 13.8. The second-order valence-electron chi connectivity index (χ2n) is 5.63. The number of rotatable bonds is 4. The molecule has 1 aliphatic rings. The third kappa shape index (κ3) is 3.70. The summed E-state index contributed by atoms with van der Waals surface area (Å²) in [5, 5.41) is 13.0. The first kappa shape index (κ1) is 14.7. The lowest BCUT2D eigenvalue weighted by Crippen LogP contribution is -2.33. The van der Waals surface area contributed by atoms with E-state index in [0.717, 1.165) is 37.1 Å². The van der Waals surface area contributed by atoms with Crippen LogP contribution < -0.4 is 5.32 Å². The van der Waals surface area contributed by atoms with Gasteiger partial charge in [0.15, 0.2) is 0 Å². The largest absolute Gasteiger partial charge is 0.393 e. The van der Waals surface area contributed by atoms with Crippen LogP contribution >= 0.6 is 11.3 Å². The average Bonchev–Trinajstić information content (AvgIpc) is 2.96. The van der Waals surface area contributed by atoms with Gasteiger partial charge in [-0.15, -0.1) is 11.3 Å². The number of nitrogens with one attached hydrogen (secondary N) is 1. The number of halogens is 1. The van der Waals surface area contributed by atoms with Gasteiger partial charge in [-0.2, -0.15) is 0 Å². The van der Waals surface area contributed by atoms with Crippen LogP contribution in [0, 0.1) is 5.82 Å². The van der Waals surface area contributed by atoms with E-state index in [4.69, 9.17) is 0 Å². The van der Waals surface area contributed by atoms with Gasteiger partial charge in [0.25, 0.3) is 0 Å². The maximum Gasteiger partial charge on any atom is 0.131 e. The van der Waals surface area contributed by atoms with E-state index in [2.05, 4.69) is 11.4 Å². The van der Waals surface area contributed by atoms with Gasteiger partial charge in [0.05, 0.1) is 6.10 Å². The van der Waals surface area contributed by atoms with Gasteiger partial charge in [-0.05, 0) is 43.9 Å². The molecule has 0 bridgehead atoms. The van der Waals surface area contributed by atoms with Crippen LogP contribution in [0.4, 0.5) is 4.39 Å². The molecule has 2 nitrogen and oxygen atoms in total. The van der Waals surface area contributed by atoms with E-state index in [1.165, 1.54) is 10.9 Å². The highest BCUT2D eigenvalue weighted by Gasteiger charge is 2.18. The third-order valence-corrected chi connectivity index (χ3v) is 5.18. The molecule has 0 atom stereocenters. The zero-order valence-electron chi connectivity index (χ0n) is 11.9. The first-order chi connectivity index (χ1) is 10.2. The van der Waals surface area contributed by atoms with Crippen molar-refractivity contribution < 1.29 is 9.50 Å². The van der Waals surface area contributed by atoms with E-state index in [0.29, 0.717) is 11.6 Å². The highest BCUT2D eigenvalue weighted by molar-refractivity contribution is 7.15. The molecule has 0 unspecified atom stereocenters. The van der Waals surface area contributed by atoms with Gasteiger partial charge in [-0.3, -0.25) is 0 Å². The second kappa shape index (κ2) is 6.69. The first-order valence-electron chi connectivity index (χ1n) is 7.47. The minimum absolute atomic E-state index is 0.113. The predicted molar refractivity (Wildman–Crippen MR) is 84.8 cm³/mol. The molecule has 0 amide bonds. The molecule has 2 N–H and O–H groups in total. The molecule has 0 spiro atoms. The monoisotopic (exact) mass is 305 g/mol. The molecule has 112 valence electrons. The minimum Gasteiger partial charge on any atom is -0.393 e. The normalized spacial score (nSPS) is 22.4. The van der Waals surface area contributed by atoms with Crippen molar-refractivity contribution >= 4 is 11.3 Å². The Bertz CT molecular complexity index is 590. The molecule has 0 radical (unpaired) electrons. The highest BCUT2D eigenvalue weighted by atomic mass is 32.1. The topological polar surface area (TPSA) is 32.3 Å².